The Labute approximate surface area is 56.0 Å². The lowest BCUT2D eigenvalue weighted by Crippen LogP contribution is -2.15. The van der Waals surface area contributed by atoms with Gasteiger partial charge in [0.1, 0.15) is 0 Å². The van der Waals surface area contributed by atoms with Crippen LogP contribution in [0.1, 0.15) is 13.3 Å². The van der Waals surface area contributed by atoms with E-state index in [1.54, 1.807) is 0 Å². The van der Waals surface area contributed by atoms with Crippen molar-refractivity contribution >= 4 is 20.9 Å². The highest BCUT2D eigenvalue weighted by molar-refractivity contribution is 6.43. The molecule has 0 rings (SSSR count). The fraction of sp³-hybridized carbons (Fsp3) is 1.00. The van der Waals surface area contributed by atoms with E-state index in [1.165, 1.54) is 0 Å². The van der Waals surface area contributed by atoms with Crippen LogP contribution in [0, 0.1) is 0 Å². The molecule has 0 amide bonds. The number of rotatable bonds is 3. The van der Waals surface area contributed by atoms with E-state index in [4.69, 9.17) is 21.2 Å². The molecule has 0 saturated carbocycles. The van der Waals surface area contributed by atoms with Crippen molar-refractivity contribution in [2.45, 2.75) is 24.8 Å². The third-order valence-electron chi connectivity index (χ3n) is 0.910. The van der Waals surface area contributed by atoms with Crippen LogP contribution in [0.5, 0.6) is 0 Å². The Morgan fingerprint density at radius 1 is 1.62 bits per heavy atom. The normalized spacial score (nSPS) is 14.6. The molecule has 0 aromatic carbocycles. The summed E-state index contributed by atoms with van der Waals surface area (Å²) in [7, 11) is -2.38. The average molecular weight is 155 g/mol. The molecule has 0 radical (unpaired) electrons. The molecule has 1 unspecified atom stereocenters. The Hall–Kier alpha value is 0.427. The summed E-state index contributed by atoms with van der Waals surface area (Å²) in [6.45, 7) is 1.93. The second-order valence-electron chi connectivity index (χ2n) is 1.72. The standard InChI is InChI=1S/C4H11ClO2Si/c1-2-4(5)3-8(6)7/h4,6-8H,2-3H2,1H3. The van der Waals surface area contributed by atoms with E-state index in [1.807, 2.05) is 6.92 Å². The van der Waals surface area contributed by atoms with Gasteiger partial charge in [0, 0.05) is 11.4 Å². The highest BCUT2D eigenvalue weighted by Gasteiger charge is 2.08. The van der Waals surface area contributed by atoms with Crippen molar-refractivity contribution in [3.63, 3.8) is 0 Å². The predicted molar refractivity (Wildman–Crippen MR) is 36.3 cm³/mol. The summed E-state index contributed by atoms with van der Waals surface area (Å²) in [5.74, 6) is 0. The van der Waals surface area contributed by atoms with Crippen LogP contribution < -0.4 is 0 Å². The van der Waals surface area contributed by atoms with E-state index in [9.17, 15) is 0 Å². The minimum atomic E-state index is -2.38. The molecule has 0 heterocycles. The quantitative estimate of drug-likeness (QED) is 0.451. The van der Waals surface area contributed by atoms with Crippen molar-refractivity contribution in [1.29, 1.82) is 0 Å². The number of hydrogen-bond acceptors (Lipinski definition) is 2. The van der Waals surface area contributed by atoms with Crippen molar-refractivity contribution in [3.05, 3.63) is 0 Å². The molecular formula is C4H11ClO2Si. The van der Waals surface area contributed by atoms with Crippen molar-refractivity contribution < 1.29 is 9.59 Å². The zero-order valence-corrected chi connectivity index (χ0v) is 6.75. The Morgan fingerprint density at radius 2 is 2.12 bits per heavy atom. The van der Waals surface area contributed by atoms with Crippen LogP contribution in [0.25, 0.3) is 0 Å². The fourth-order valence-electron chi connectivity index (χ4n) is 0.395. The minimum absolute atomic E-state index is 0.0401. The smallest absolute Gasteiger partial charge is 0.317 e. The molecule has 0 aromatic rings. The van der Waals surface area contributed by atoms with Crippen molar-refractivity contribution in [3.8, 4) is 0 Å². The lowest BCUT2D eigenvalue weighted by atomic mass is 10.4. The Morgan fingerprint density at radius 3 is 2.25 bits per heavy atom. The third-order valence-corrected chi connectivity index (χ3v) is 2.69. The lowest BCUT2D eigenvalue weighted by molar-refractivity contribution is 0.403. The van der Waals surface area contributed by atoms with Crippen molar-refractivity contribution in [2.75, 3.05) is 0 Å². The minimum Gasteiger partial charge on any atom is -0.413 e. The monoisotopic (exact) mass is 154 g/mol. The van der Waals surface area contributed by atoms with Gasteiger partial charge in [-0.05, 0) is 6.42 Å². The number of hydrogen-bond donors (Lipinski definition) is 2. The molecule has 8 heavy (non-hydrogen) atoms. The van der Waals surface area contributed by atoms with Gasteiger partial charge in [-0.2, -0.15) is 0 Å². The van der Waals surface area contributed by atoms with Crippen LogP contribution in [0.15, 0.2) is 0 Å². The summed E-state index contributed by atoms with van der Waals surface area (Å²) in [4.78, 5) is 16.9. The van der Waals surface area contributed by atoms with E-state index in [2.05, 4.69) is 0 Å². The van der Waals surface area contributed by atoms with Crippen LogP contribution in [0.3, 0.4) is 0 Å². The Bertz CT molecular complexity index is 60.0. The molecule has 0 spiro atoms. The number of alkyl halides is 1. The molecular weight excluding hydrogens is 144 g/mol. The van der Waals surface area contributed by atoms with Crippen LogP contribution >= 0.6 is 11.6 Å². The Kier molecular flexibility index (Phi) is 4.55. The van der Waals surface area contributed by atoms with Gasteiger partial charge >= 0.3 is 9.28 Å². The molecule has 0 aromatic heterocycles. The van der Waals surface area contributed by atoms with E-state index in [0.717, 1.165) is 6.42 Å². The molecule has 2 N–H and O–H groups in total. The molecule has 2 nitrogen and oxygen atoms in total. The van der Waals surface area contributed by atoms with Gasteiger partial charge in [-0.15, -0.1) is 11.6 Å². The molecule has 0 bridgehead atoms. The van der Waals surface area contributed by atoms with Crippen LogP contribution in [-0.4, -0.2) is 24.3 Å². The van der Waals surface area contributed by atoms with Gasteiger partial charge in [-0.25, -0.2) is 0 Å². The molecule has 0 aliphatic carbocycles. The summed E-state index contributed by atoms with van der Waals surface area (Å²) in [5.41, 5.74) is 0. The van der Waals surface area contributed by atoms with E-state index < -0.39 is 9.28 Å². The van der Waals surface area contributed by atoms with Gasteiger partial charge < -0.3 is 9.59 Å². The summed E-state index contributed by atoms with van der Waals surface area (Å²) >= 11 is 5.57. The molecule has 50 valence electrons. The zero-order valence-electron chi connectivity index (χ0n) is 4.84. The topological polar surface area (TPSA) is 40.5 Å². The SMILES string of the molecule is CCC(Cl)C[SiH](O)O. The fourth-order valence-corrected chi connectivity index (χ4v) is 1.66. The van der Waals surface area contributed by atoms with E-state index >= 15 is 0 Å². The predicted octanol–water partition coefficient (Wildman–Crippen LogP) is 0.209. The summed E-state index contributed by atoms with van der Waals surface area (Å²) in [5, 5.41) is -0.0401. The zero-order chi connectivity index (χ0) is 6.57. The van der Waals surface area contributed by atoms with Crippen LogP contribution in [0.4, 0.5) is 0 Å². The van der Waals surface area contributed by atoms with Gasteiger partial charge in [0.15, 0.2) is 0 Å². The molecule has 0 fully saturated rings. The molecule has 0 saturated heterocycles. The third kappa shape index (κ3) is 4.58. The second-order valence-corrected chi connectivity index (χ2v) is 3.77. The first-order valence-electron chi connectivity index (χ1n) is 2.67. The first-order chi connectivity index (χ1) is 3.66. The molecule has 1 atom stereocenters. The molecule has 0 aliphatic heterocycles. The highest BCUT2D eigenvalue weighted by Crippen LogP contribution is 2.06. The lowest BCUT2D eigenvalue weighted by Gasteiger charge is -2.03. The maximum absolute atomic E-state index is 8.46. The largest absolute Gasteiger partial charge is 0.413 e. The summed E-state index contributed by atoms with van der Waals surface area (Å²) < 4.78 is 0. The van der Waals surface area contributed by atoms with E-state index in [0.29, 0.717) is 6.04 Å². The highest BCUT2D eigenvalue weighted by atomic mass is 35.5. The first-order valence-corrected chi connectivity index (χ1v) is 4.95. The van der Waals surface area contributed by atoms with Gasteiger partial charge in [-0.1, -0.05) is 6.92 Å². The summed E-state index contributed by atoms with van der Waals surface area (Å²) in [6.07, 6.45) is 0.812. The van der Waals surface area contributed by atoms with E-state index in [-0.39, 0.29) is 5.38 Å². The second kappa shape index (κ2) is 4.32. The van der Waals surface area contributed by atoms with Gasteiger partial charge in [-0.3, -0.25) is 0 Å². The Balaban J connectivity index is 3.10. The maximum Gasteiger partial charge on any atom is 0.317 e. The van der Waals surface area contributed by atoms with Gasteiger partial charge in [0.2, 0.25) is 0 Å². The molecule has 0 aliphatic rings. The summed E-state index contributed by atoms with van der Waals surface area (Å²) in [6, 6.07) is 0.401. The van der Waals surface area contributed by atoms with Crippen molar-refractivity contribution in [1.82, 2.24) is 0 Å². The van der Waals surface area contributed by atoms with Gasteiger partial charge in [0.25, 0.3) is 0 Å². The van der Waals surface area contributed by atoms with Crippen LogP contribution in [-0.2, 0) is 0 Å². The van der Waals surface area contributed by atoms with Gasteiger partial charge in [0.05, 0.1) is 0 Å². The maximum atomic E-state index is 8.46. The van der Waals surface area contributed by atoms with Crippen LogP contribution in [0.2, 0.25) is 6.04 Å². The molecule has 4 heteroatoms. The number of halogens is 1. The average Bonchev–Trinajstić information content (AvgIpc) is 1.65. The first kappa shape index (κ1) is 8.43. The van der Waals surface area contributed by atoms with Crippen molar-refractivity contribution in [2.24, 2.45) is 0 Å².